The van der Waals surface area contributed by atoms with Crippen LogP contribution in [0.3, 0.4) is 0 Å². The summed E-state index contributed by atoms with van der Waals surface area (Å²) in [7, 11) is 0. The molecule has 1 aliphatic rings. The molecule has 21 heavy (non-hydrogen) atoms. The Bertz CT molecular complexity index is 599. The Kier molecular flexibility index (Phi) is 3.98. The number of tetrazole rings is 1. The summed E-state index contributed by atoms with van der Waals surface area (Å²) >= 11 is 0. The zero-order chi connectivity index (χ0) is 14.8. The van der Waals surface area contributed by atoms with Gasteiger partial charge in [0.05, 0.1) is 6.10 Å². The molecule has 2 atom stereocenters. The second-order valence-corrected chi connectivity index (χ2v) is 5.57. The maximum absolute atomic E-state index is 9.60. The Hall–Kier alpha value is -1.80. The molecule has 3 heterocycles. The molecule has 8 nitrogen and oxygen atoms in total. The lowest BCUT2D eigenvalue weighted by molar-refractivity contribution is 0.0884. The molecule has 8 heteroatoms. The Morgan fingerprint density at radius 2 is 2.24 bits per heavy atom. The number of β-amino-alcohol motifs (C(OH)–C–C–N with tert-alkyl or cyclic N) is 1. The summed E-state index contributed by atoms with van der Waals surface area (Å²) in [6.07, 6.45) is 0.761. The molecule has 0 aromatic carbocycles. The van der Waals surface area contributed by atoms with E-state index in [4.69, 9.17) is 0 Å². The van der Waals surface area contributed by atoms with Crippen molar-refractivity contribution in [2.75, 3.05) is 31.1 Å². The Labute approximate surface area is 123 Å². The van der Waals surface area contributed by atoms with Crippen molar-refractivity contribution in [2.45, 2.75) is 32.4 Å². The van der Waals surface area contributed by atoms with Crippen LogP contribution in [-0.4, -0.2) is 73.6 Å². The van der Waals surface area contributed by atoms with Crippen LogP contribution >= 0.6 is 0 Å². The quantitative estimate of drug-likeness (QED) is 0.835. The smallest absolute Gasteiger partial charge is 0.200 e. The Morgan fingerprint density at radius 3 is 3.00 bits per heavy atom. The summed E-state index contributed by atoms with van der Waals surface area (Å²) in [4.78, 5) is 4.62. The van der Waals surface area contributed by atoms with Crippen LogP contribution in [0.15, 0.2) is 12.1 Å². The lowest BCUT2D eigenvalue weighted by Gasteiger charge is -2.42. The number of piperazine rings is 1. The van der Waals surface area contributed by atoms with Gasteiger partial charge in [-0.05, 0) is 35.9 Å². The van der Waals surface area contributed by atoms with E-state index in [2.05, 4.69) is 37.3 Å². The van der Waals surface area contributed by atoms with Crippen LogP contribution < -0.4 is 4.90 Å². The van der Waals surface area contributed by atoms with Gasteiger partial charge >= 0.3 is 0 Å². The molecule has 1 saturated heterocycles. The fourth-order valence-corrected chi connectivity index (χ4v) is 2.88. The van der Waals surface area contributed by atoms with Gasteiger partial charge in [0.1, 0.15) is 0 Å². The highest BCUT2D eigenvalue weighted by Crippen LogP contribution is 2.19. The van der Waals surface area contributed by atoms with Crippen molar-refractivity contribution >= 4 is 11.5 Å². The fourth-order valence-electron chi connectivity index (χ4n) is 2.88. The summed E-state index contributed by atoms with van der Waals surface area (Å²) in [6, 6.07) is 4.27. The van der Waals surface area contributed by atoms with Crippen LogP contribution in [-0.2, 0) is 0 Å². The third kappa shape index (κ3) is 2.96. The Morgan fingerprint density at radius 1 is 1.38 bits per heavy atom. The normalized spacial score (nSPS) is 21.9. The first-order valence-corrected chi connectivity index (χ1v) is 7.40. The lowest BCUT2D eigenvalue weighted by atomic mass is 10.1. The molecule has 2 aromatic rings. The highest BCUT2D eigenvalue weighted by Gasteiger charge is 2.27. The van der Waals surface area contributed by atoms with E-state index in [1.165, 1.54) is 4.63 Å². The molecular formula is C13H21N7O. The number of nitrogens with zero attached hydrogens (tertiary/aromatic N) is 7. The van der Waals surface area contributed by atoms with Crippen molar-refractivity contribution in [2.24, 2.45) is 0 Å². The topological polar surface area (TPSA) is 82.7 Å². The van der Waals surface area contributed by atoms with Gasteiger partial charge in [-0.3, -0.25) is 4.90 Å². The summed E-state index contributed by atoms with van der Waals surface area (Å²) in [5.74, 6) is 0.893. The summed E-state index contributed by atoms with van der Waals surface area (Å²) in [5, 5.41) is 25.4. The third-order valence-corrected chi connectivity index (χ3v) is 3.95. The largest absolute Gasteiger partial charge is 0.392 e. The molecule has 2 aromatic heterocycles. The minimum atomic E-state index is -0.290. The van der Waals surface area contributed by atoms with Gasteiger partial charge in [-0.15, -0.1) is 14.8 Å². The number of anilines is 1. The number of rotatable bonds is 4. The SMILES string of the molecule is CC[C@@H]1CN(c2ccc3nnnn3n2)CCN1C[C@H](C)O. The fraction of sp³-hybridized carbons (Fsp3) is 0.692. The first-order chi connectivity index (χ1) is 10.2. The van der Waals surface area contributed by atoms with E-state index in [-0.39, 0.29) is 6.10 Å². The third-order valence-electron chi connectivity index (χ3n) is 3.95. The van der Waals surface area contributed by atoms with E-state index in [9.17, 15) is 5.11 Å². The van der Waals surface area contributed by atoms with Crippen LogP contribution in [0.4, 0.5) is 5.82 Å². The Balaban J connectivity index is 1.75. The van der Waals surface area contributed by atoms with E-state index >= 15 is 0 Å². The number of hydrogen-bond donors (Lipinski definition) is 1. The molecule has 1 aliphatic heterocycles. The highest BCUT2D eigenvalue weighted by molar-refractivity contribution is 5.44. The van der Waals surface area contributed by atoms with Crippen LogP contribution in [0.2, 0.25) is 0 Å². The van der Waals surface area contributed by atoms with Gasteiger partial charge < -0.3 is 10.0 Å². The summed E-state index contributed by atoms with van der Waals surface area (Å²) in [5.41, 5.74) is 0.651. The zero-order valence-corrected chi connectivity index (χ0v) is 12.4. The van der Waals surface area contributed by atoms with E-state index in [0.717, 1.165) is 38.4 Å². The molecular weight excluding hydrogens is 270 g/mol. The minimum absolute atomic E-state index is 0.290. The summed E-state index contributed by atoms with van der Waals surface area (Å²) in [6.45, 7) is 7.48. The van der Waals surface area contributed by atoms with Gasteiger partial charge in [0.2, 0.25) is 0 Å². The predicted octanol–water partition coefficient (Wildman–Crippen LogP) is -0.199. The van der Waals surface area contributed by atoms with E-state index in [1.54, 1.807) is 0 Å². The van der Waals surface area contributed by atoms with Crippen LogP contribution in [0.5, 0.6) is 0 Å². The number of aliphatic hydroxyl groups is 1. The molecule has 0 bridgehead atoms. The van der Waals surface area contributed by atoms with Gasteiger partial charge in [0, 0.05) is 32.2 Å². The summed E-state index contributed by atoms with van der Waals surface area (Å²) < 4.78 is 1.46. The molecule has 0 aliphatic carbocycles. The molecule has 1 N–H and O–H groups in total. The van der Waals surface area contributed by atoms with Crippen LogP contribution in [0.25, 0.3) is 5.65 Å². The van der Waals surface area contributed by atoms with Crippen molar-refractivity contribution in [1.29, 1.82) is 0 Å². The molecule has 114 valence electrons. The maximum atomic E-state index is 9.60. The molecule has 0 saturated carbocycles. The molecule has 0 amide bonds. The maximum Gasteiger partial charge on any atom is 0.200 e. The minimum Gasteiger partial charge on any atom is -0.392 e. The van der Waals surface area contributed by atoms with Crippen molar-refractivity contribution in [3.05, 3.63) is 12.1 Å². The highest BCUT2D eigenvalue weighted by atomic mass is 16.3. The zero-order valence-electron chi connectivity index (χ0n) is 12.4. The molecule has 0 unspecified atom stereocenters. The van der Waals surface area contributed by atoms with E-state index < -0.39 is 0 Å². The number of aliphatic hydroxyl groups excluding tert-OH is 1. The number of hydrogen-bond acceptors (Lipinski definition) is 7. The number of aromatic nitrogens is 5. The van der Waals surface area contributed by atoms with Gasteiger partial charge in [0.25, 0.3) is 0 Å². The lowest BCUT2D eigenvalue weighted by Crippen LogP contribution is -2.54. The second kappa shape index (κ2) is 5.90. The second-order valence-electron chi connectivity index (χ2n) is 5.57. The average Bonchev–Trinajstić information content (AvgIpc) is 2.94. The van der Waals surface area contributed by atoms with Gasteiger partial charge in [-0.2, -0.15) is 0 Å². The standard InChI is InChI=1S/C13H21N7O/c1-3-11-9-19(7-6-18(11)8-10(2)21)13-5-4-12-14-16-17-20(12)15-13/h4-5,10-11,21H,3,6-9H2,1-2H3/t10-,11+/m0/s1. The van der Waals surface area contributed by atoms with Gasteiger partial charge in [0.15, 0.2) is 11.5 Å². The number of fused-ring (bicyclic) bond motifs is 1. The van der Waals surface area contributed by atoms with Crippen molar-refractivity contribution in [1.82, 2.24) is 30.2 Å². The van der Waals surface area contributed by atoms with Crippen molar-refractivity contribution in [3.63, 3.8) is 0 Å². The van der Waals surface area contributed by atoms with Crippen LogP contribution in [0.1, 0.15) is 20.3 Å². The monoisotopic (exact) mass is 291 g/mol. The molecule has 1 fully saturated rings. The van der Waals surface area contributed by atoms with Gasteiger partial charge in [-0.25, -0.2) is 0 Å². The van der Waals surface area contributed by atoms with Crippen molar-refractivity contribution < 1.29 is 5.11 Å². The van der Waals surface area contributed by atoms with Crippen molar-refractivity contribution in [3.8, 4) is 0 Å². The van der Waals surface area contributed by atoms with Crippen LogP contribution in [0, 0.1) is 0 Å². The molecule has 3 rings (SSSR count). The average molecular weight is 291 g/mol. The first kappa shape index (κ1) is 14.2. The first-order valence-electron chi connectivity index (χ1n) is 7.40. The molecule has 0 spiro atoms. The predicted molar refractivity (Wildman–Crippen MR) is 78.1 cm³/mol. The van der Waals surface area contributed by atoms with E-state index in [1.807, 2.05) is 19.1 Å². The molecule has 0 radical (unpaired) electrons. The van der Waals surface area contributed by atoms with E-state index in [0.29, 0.717) is 11.7 Å². The van der Waals surface area contributed by atoms with Gasteiger partial charge in [-0.1, -0.05) is 6.92 Å².